The van der Waals surface area contributed by atoms with Crippen molar-refractivity contribution >= 4 is 26.6 Å². The summed E-state index contributed by atoms with van der Waals surface area (Å²) in [6.07, 6.45) is 1.79. The Balaban J connectivity index is 2.92. The summed E-state index contributed by atoms with van der Waals surface area (Å²) in [6.45, 7) is 2.00. The number of pyridine rings is 1. The van der Waals surface area contributed by atoms with Crippen LogP contribution in [0.5, 0.6) is 0 Å². The largest absolute Gasteiger partial charge is 0.390 e. The van der Waals surface area contributed by atoms with Crippen LogP contribution in [-0.4, -0.2) is 4.98 Å². The molecule has 2 N–H and O–H groups in total. The lowest BCUT2D eigenvalue weighted by Gasteiger charge is -1.87. The normalized spacial score (nSPS) is 10.6. The molecule has 2 heterocycles. The first kappa shape index (κ1) is 6.61. The summed E-state index contributed by atoms with van der Waals surface area (Å²) < 4.78 is 1.17. The van der Waals surface area contributed by atoms with Gasteiger partial charge >= 0.3 is 0 Å². The van der Waals surface area contributed by atoms with Gasteiger partial charge in [-0.05, 0) is 19.1 Å². The molecule has 0 aliphatic carbocycles. The standard InChI is InChI=1S/C8H8N2S/c1-5-7-6(11-8(5)9)3-2-4-10-7/h2-4H,9H2,1H3. The Morgan fingerprint density at radius 2 is 2.36 bits per heavy atom. The predicted molar refractivity (Wildman–Crippen MR) is 48.8 cm³/mol. The van der Waals surface area contributed by atoms with Crippen LogP contribution in [0, 0.1) is 6.92 Å². The van der Waals surface area contributed by atoms with Gasteiger partial charge in [-0.15, -0.1) is 11.3 Å². The van der Waals surface area contributed by atoms with Gasteiger partial charge in [-0.2, -0.15) is 0 Å². The van der Waals surface area contributed by atoms with Gasteiger partial charge in [0.2, 0.25) is 0 Å². The minimum atomic E-state index is 0.874. The van der Waals surface area contributed by atoms with Crippen LogP contribution in [-0.2, 0) is 0 Å². The fourth-order valence-electron chi connectivity index (χ4n) is 1.07. The number of nitrogen functional groups attached to an aromatic ring is 1. The molecule has 11 heavy (non-hydrogen) atoms. The summed E-state index contributed by atoms with van der Waals surface area (Å²) in [6, 6.07) is 3.97. The second-order valence-corrected chi connectivity index (χ2v) is 3.53. The van der Waals surface area contributed by atoms with Crippen molar-refractivity contribution in [2.45, 2.75) is 6.92 Å². The van der Waals surface area contributed by atoms with Gasteiger partial charge in [0, 0.05) is 11.8 Å². The van der Waals surface area contributed by atoms with Crippen molar-refractivity contribution in [2.24, 2.45) is 0 Å². The molecule has 2 aromatic rings. The monoisotopic (exact) mass is 164 g/mol. The van der Waals surface area contributed by atoms with Crippen molar-refractivity contribution in [3.63, 3.8) is 0 Å². The SMILES string of the molecule is Cc1c(N)sc2cccnc12. The average molecular weight is 164 g/mol. The molecule has 0 bridgehead atoms. The molecule has 0 atom stereocenters. The summed E-state index contributed by atoms with van der Waals surface area (Å²) in [7, 11) is 0. The highest BCUT2D eigenvalue weighted by molar-refractivity contribution is 7.22. The quantitative estimate of drug-likeness (QED) is 0.648. The number of nitrogens with zero attached hydrogens (tertiary/aromatic N) is 1. The highest BCUT2D eigenvalue weighted by Gasteiger charge is 2.04. The second kappa shape index (κ2) is 2.20. The number of aromatic nitrogens is 1. The smallest absolute Gasteiger partial charge is 0.0914 e. The highest BCUT2D eigenvalue weighted by atomic mass is 32.1. The molecule has 0 unspecified atom stereocenters. The number of rotatable bonds is 0. The number of hydrogen-bond acceptors (Lipinski definition) is 3. The van der Waals surface area contributed by atoms with E-state index in [2.05, 4.69) is 4.98 Å². The van der Waals surface area contributed by atoms with Gasteiger partial charge in [-0.25, -0.2) is 0 Å². The Morgan fingerprint density at radius 3 is 3.09 bits per heavy atom. The highest BCUT2D eigenvalue weighted by Crippen LogP contribution is 2.30. The third-order valence-electron chi connectivity index (χ3n) is 1.72. The first-order valence-corrected chi connectivity index (χ1v) is 4.20. The van der Waals surface area contributed by atoms with Crippen LogP contribution < -0.4 is 5.73 Å². The van der Waals surface area contributed by atoms with Crippen LogP contribution >= 0.6 is 11.3 Å². The fraction of sp³-hybridized carbons (Fsp3) is 0.125. The number of fused-ring (bicyclic) bond motifs is 1. The van der Waals surface area contributed by atoms with E-state index in [9.17, 15) is 0 Å². The zero-order chi connectivity index (χ0) is 7.84. The maximum absolute atomic E-state index is 5.73. The first-order valence-electron chi connectivity index (χ1n) is 3.38. The number of anilines is 1. The Kier molecular flexibility index (Phi) is 1.32. The molecule has 0 saturated carbocycles. The van der Waals surface area contributed by atoms with E-state index in [-0.39, 0.29) is 0 Å². The van der Waals surface area contributed by atoms with E-state index in [1.165, 1.54) is 4.70 Å². The molecule has 0 aromatic carbocycles. The lowest BCUT2D eigenvalue weighted by Crippen LogP contribution is -1.81. The van der Waals surface area contributed by atoms with Gasteiger partial charge < -0.3 is 5.73 Å². The topological polar surface area (TPSA) is 38.9 Å². The first-order chi connectivity index (χ1) is 5.29. The van der Waals surface area contributed by atoms with Crippen LogP contribution in [0.4, 0.5) is 5.00 Å². The van der Waals surface area contributed by atoms with Crippen molar-refractivity contribution in [1.29, 1.82) is 0 Å². The molecule has 0 aliphatic rings. The molecule has 2 rings (SSSR count). The maximum Gasteiger partial charge on any atom is 0.0914 e. The van der Waals surface area contributed by atoms with Crippen LogP contribution in [0.2, 0.25) is 0 Å². The molecular formula is C8H8N2S. The summed E-state index contributed by atoms with van der Waals surface area (Å²) in [5.74, 6) is 0. The van der Waals surface area contributed by atoms with E-state index < -0.39 is 0 Å². The van der Waals surface area contributed by atoms with E-state index >= 15 is 0 Å². The van der Waals surface area contributed by atoms with Crippen molar-refractivity contribution in [3.05, 3.63) is 23.9 Å². The van der Waals surface area contributed by atoms with Gasteiger partial charge in [0.05, 0.1) is 15.2 Å². The lowest BCUT2D eigenvalue weighted by atomic mass is 10.3. The molecular weight excluding hydrogens is 156 g/mol. The molecule has 0 radical (unpaired) electrons. The van der Waals surface area contributed by atoms with Gasteiger partial charge in [-0.1, -0.05) is 0 Å². The van der Waals surface area contributed by atoms with Gasteiger partial charge in [-0.3, -0.25) is 4.98 Å². The minimum absolute atomic E-state index is 0.874. The summed E-state index contributed by atoms with van der Waals surface area (Å²) in [5, 5.41) is 0.874. The number of thiophene rings is 1. The van der Waals surface area contributed by atoms with E-state index in [0.717, 1.165) is 16.1 Å². The minimum Gasteiger partial charge on any atom is -0.390 e. The van der Waals surface area contributed by atoms with Crippen LogP contribution in [0.3, 0.4) is 0 Å². The van der Waals surface area contributed by atoms with Crippen LogP contribution in [0.1, 0.15) is 5.56 Å². The average Bonchev–Trinajstić information content (AvgIpc) is 2.30. The molecule has 2 aromatic heterocycles. The molecule has 0 spiro atoms. The Hall–Kier alpha value is -1.09. The molecule has 56 valence electrons. The number of aryl methyl sites for hydroxylation is 1. The van der Waals surface area contributed by atoms with E-state index in [1.807, 2.05) is 19.1 Å². The second-order valence-electron chi connectivity index (χ2n) is 2.44. The van der Waals surface area contributed by atoms with Crippen LogP contribution in [0.25, 0.3) is 10.2 Å². The maximum atomic E-state index is 5.73. The summed E-state index contributed by atoms with van der Waals surface area (Å²) in [4.78, 5) is 4.23. The molecule has 0 fully saturated rings. The molecule has 0 aliphatic heterocycles. The van der Waals surface area contributed by atoms with E-state index in [0.29, 0.717) is 0 Å². The van der Waals surface area contributed by atoms with Crippen molar-refractivity contribution in [2.75, 3.05) is 5.73 Å². The zero-order valence-electron chi connectivity index (χ0n) is 6.16. The zero-order valence-corrected chi connectivity index (χ0v) is 6.98. The number of nitrogens with two attached hydrogens (primary N) is 1. The Labute approximate surface area is 68.7 Å². The molecule has 2 nitrogen and oxygen atoms in total. The summed E-state index contributed by atoms with van der Waals surface area (Å²) in [5.41, 5.74) is 7.87. The molecule has 0 saturated heterocycles. The van der Waals surface area contributed by atoms with E-state index in [1.54, 1.807) is 17.5 Å². The Bertz CT molecular complexity index is 392. The number of hydrogen-bond donors (Lipinski definition) is 1. The van der Waals surface area contributed by atoms with E-state index in [4.69, 9.17) is 5.73 Å². The molecule has 0 amide bonds. The van der Waals surface area contributed by atoms with Crippen molar-refractivity contribution in [1.82, 2.24) is 4.98 Å². The third kappa shape index (κ3) is 0.886. The Morgan fingerprint density at radius 1 is 1.55 bits per heavy atom. The van der Waals surface area contributed by atoms with Crippen molar-refractivity contribution < 1.29 is 0 Å². The van der Waals surface area contributed by atoms with Gasteiger partial charge in [0.25, 0.3) is 0 Å². The molecule has 3 heteroatoms. The van der Waals surface area contributed by atoms with Crippen molar-refractivity contribution in [3.8, 4) is 0 Å². The lowest BCUT2D eigenvalue weighted by molar-refractivity contribution is 1.39. The van der Waals surface area contributed by atoms with Gasteiger partial charge in [0.1, 0.15) is 0 Å². The predicted octanol–water partition coefficient (Wildman–Crippen LogP) is 2.19. The van der Waals surface area contributed by atoms with Gasteiger partial charge in [0.15, 0.2) is 0 Å². The fourth-order valence-corrected chi connectivity index (χ4v) is 2.00. The summed E-state index contributed by atoms with van der Waals surface area (Å²) >= 11 is 1.59. The van der Waals surface area contributed by atoms with Crippen LogP contribution in [0.15, 0.2) is 18.3 Å². The third-order valence-corrected chi connectivity index (χ3v) is 2.79.